The second-order valence-corrected chi connectivity index (χ2v) is 9.04. The lowest BCUT2D eigenvalue weighted by Crippen LogP contribution is -2.41. The lowest BCUT2D eigenvalue weighted by molar-refractivity contribution is -0.139. The summed E-state index contributed by atoms with van der Waals surface area (Å²) in [5.41, 5.74) is 3.66. The summed E-state index contributed by atoms with van der Waals surface area (Å²) in [4.78, 5) is 50.3. The van der Waals surface area contributed by atoms with Crippen molar-refractivity contribution in [2.45, 2.75) is 44.7 Å². The molecule has 0 radical (unpaired) electrons. The van der Waals surface area contributed by atoms with Gasteiger partial charge in [-0.05, 0) is 72.0 Å². The molecule has 1 unspecified atom stereocenters. The van der Waals surface area contributed by atoms with E-state index in [9.17, 15) is 19.5 Å². The van der Waals surface area contributed by atoms with E-state index in [0.29, 0.717) is 22.6 Å². The zero-order valence-electron chi connectivity index (χ0n) is 20.2. The number of amides is 1. The fourth-order valence-electron chi connectivity index (χ4n) is 4.70. The van der Waals surface area contributed by atoms with E-state index in [-0.39, 0.29) is 30.1 Å². The molecule has 0 saturated heterocycles. The molecule has 3 heterocycles. The van der Waals surface area contributed by atoms with E-state index in [1.165, 1.54) is 0 Å². The second kappa shape index (κ2) is 9.76. The number of rotatable bonds is 8. The maximum Gasteiger partial charge on any atom is 0.326 e. The van der Waals surface area contributed by atoms with Crippen LogP contribution in [-0.4, -0.2) is 65.6 Å². The Morgan fingerprint density at radius 1 is 1.30 bits per heavy atom. The minimum absolute atomic E-state index is 0.0311. The zero-order valence-corrected chi connectivity index (χ0v) is 20.2. The Bertz CT molecular complexity index is 1520. The molecule has 37 heavy (non-hydrogen) atoms. The number of aryl methyl sites for hydroxylation is 3. The van der Waals surface area contributed by atoms with Crippen LogP contribution < -0.4 is 15.8 Å². The van der Waals surface area contributed by atoms with E-state index in [1.54, 1.807) is 25.3 Å². The lowest BCUT2D eigenvalue weighted by Gasteiger charge is -2.27. The summed E-state index contributed by atoms with van der Waals surface area (Å²) in [7, 11) is 1.94. The van der Waals surface area contributed by atoms with Gasteiger partial charge in [-0.3, -0.25) is 9.59 Å². The average molecular weight is 504 g/mol. The first-order valence-electron chi connectivity index (χ1n) is 11.8. The molecule has 1 amide bonds. The number of carbonyl (C=O) groups is 2. The first kappa shape index (κ1) is 24.0. The molecule has 0 bridgehead atoms. The molecule has 3 aromatic heterocycles. The van der Waals surface area contributed by atoms with Gasteiger partial charge in [-0.2, -0.15) is 0 Å². The molecule has 2 atom stereocenters. The van der Waals surface area contributed by atoms with Gasteiger partial charge in [0.2, 0.25) is 0 Å². The predicted octanol–water partition coefficient (Wildman–Crippen LogP) is 1.08. The third-order valence-corrected chi connectivity index (χ3v) is 6.65. The van der Waals surface area contributed by atoms with Crippen molar-refractivity contribution in [3.63, 3.8) is 0 Å². The van der Waals surface area contributed by atoms with Gasteiger partial charge in [0, 0.05) is 13.5 Å². The van der Waals surface area contributed by atoms with Crippen LogP contribution in [0.5, 0.6) is 0 Å². The molecule has 0 saturated carbocycles. The molecule has 1 aromatic carbocycles. The summed E-state index contributed by atoms with van der Waals surface area (Å²) in [5.74, 6) is -0.726. The highest BCUT2D eigenvalue weighted by Crippen LogP contribution is 2.38. The monoisotopic (exact) mass is 503 g/mol. The van der Waals surface area contributed by atoms with Gasteiger partial charge in [0.05, 0.1) is 28.8 Å². The number of nitrogens with one attached hydrogen (secondary N) is 3. The van der Waals surface area contributed by atoms with Crippen molar-refractivity contribution in [1.82, 2.24) is 40.9 Å². The van der Waals surface area contributed by atoms with Crippen LogP contribution in [0, 0.1) is 6.92 Å². The lowest BCUT2D eigenvalue weighted by atomic mass is 10.0. The molecule has 13 nitrogen and oxygen atoms in total. The molecule has 0 spiro atoms. The van der Waals surface area contributed by atoms with Crippen molar-refractivity contribution in [1.29, 1.82) is 0 Å². The van der Waals surface area contributed by atoms with E-state index in [4.69, 9.17) is 0 Å². The van der Waals surface area contributed by atoms with Crippen molar-refractivity contribution in [3.8, 4) is 0 Å². The van der Waals surface area contributed by atoms with Crippen LogP contribution in [0.2, 0.25) is 0 Å². The highest BCUT2D eigenvalue weighted by Gasteiger charge is 2.28. The minimum atomic E-state index is -1.16. The zero-order chi connectivity index (χ0) is 26.1. The molecule has 4 N–H and O–H groups in total. The van der Waals surface area contributed by atoms with Gasteiger partial charge in [0.25, 0.3) is 11.5 Å². The van der Waals surface area contributed by atoms with Crippen molar-refractivity contribution < 1.29 is 14.7 Å². The number of carboxylic acid groups (broad SMARTS) is 1. The molecule has 0 fully saturated rings. The van der Waals surface area contributed by atoms with Crippen LogP contribution in [0.3, 0.4) is 0 Å². The second-order valence-electron chi connectivity index (χ2n) is 9.04. The number of aromatic nitrogens is 7. The Kier molecular flexibility index (Phi) is 6.34. The number of nitrogens with zero attached hydrogens (tertiary/aromatic N) is 6. The predicted molar refractivity (Wildman–Crippen MR) is 132 cm³/mol. The van der Waals surface area contributed by atoms with Crippen LogP contribution in [0.15, 0.2) is 35.3 Å². The summed E-state index contributed by atoms with van der Waals surface area (Å²) >= 11 is 0. The Hall–Kier alpha value is -4.68. The molecular formula is C24H25N9O4. The highest BCUT2D eigenvalue weighted by molar-refractivity contribution is 5.95. The number of pyridine rings is 1. The maximum atomic E-state index is 12.7. The summed E-state index contributed by atoms with van der Waals surface area (Å²) in [6.07, 6.45) is 3.69. The molecule has 13 heteroatoms. The SMILES string of the molecule is Cc1nc2cc3c(cc2c(=O)[nH]1)C(N(C)c1ccc(C(=O)N[C@@H](CCc2nnn[nH]2)C(=O)O)nc1)CC3. The first-order chi connectivity index (χ1) is 17.8. The molecule has 1 aliphatic carbocycles. The van der Waals surface area contributed by atoms with Crippen molar-refractivity contribution in [2.75, 3.05) is 11.9 Å². The van der Waals surface area contributed by atoms with E-state index in [2.05, 4.69) is 45.8 Å². The topological polar surface area (TPSA) is 183 Å². The molecule has 5 rings (SSSR count). The third kappa shape index (κ3) is 4.87. The Balaban J connectivity index is 1.29. The summed E-state index contributed by atoms with van der Waals surface area (Å²) in [6.45, 7) is 1.76. The standard InChI is InChI=1S/C24H25N9O4/c1-12-26-19-9-13-3-7-20(15(13)10-16(19)22(34)27-12)33(2)14-4-5-17(25-11-14)23(35)28-18(24(36)37)6-8-21-29-31-32-30-21/h4-5,9-11,18,20H,3,6-8H2,1-2H3,(H,28,35)(H,36,37)(H,26,27,34)(H,29,30,31,32)/t18-,20?/m0/s1. The quantitative estimate of drug-likeness (QED) is 0.271. The van der Waals surface area contributed by atoms with Crippen molar-refractivity contribution >= 4 is 28.5 Å². The number of H-pyrrole nitrogens is 2. The number of aliphatic carboxylic acids is 1. The molecular weight excluding hydrogens is 478 g/mol. The fraction of sp³-hybridized carbons (Fsp3) is 0.333. The van der Waals surface area contributed by atoms with Crippen LogP contribution in [0.25, 0.3) is 10.9 Å². The first-order valence-corrected chi connectivity index (χ1v) is 11.8. The summed E-state index contributed by atoms with van der Waals surface area (Å²) in [6, 6.07) is 6.16. The van der Waals surface area contributed by atoms with Gasteiger partial charge in [-0.15, -0.1) is 5.10 Å². The summed E-state index contributed by atoms with van der Waals surface area (Å²) < 4.78 is 0. The molecule has 1 aliphatic rings. The molecule has 4 aromatic rings. The number of hydrogen-bond acceptors (Lipinski definition) is 9. The normalized spacial score (nSPS) is 15.4. The van der Waals surface area contributed by atoms with E-state index < -0.39 is 17.9 Å². The molecule has 190 valence electrons. The fourth-order valence-corrected chi connectivity index (χ4v) is 4.70. The van der Waals surface area contributed by atoms with Gasteiger partial charge in [-0.25, -0.2) is 19.9 Å². The minimum Gasteiger partial charge on any atom is -0.480 e. The van der Waals surface area contributed by atoms with E-state index in [1.807, 2.05) is 19.2 Å². The van der Waals surface area contributed by atoms with Gasteiger partial charge in [0.1, 0.15) is 23.4 Å². The smallest absolute Gasteiger partial charge is 0.326 e. The van der Waals surface area contributed by atoms with E-state index >= 15 is 0 Å². The number of carbonyl (C=O) groups excluding carboxylic acids is 1. The summed E-state index contributed by atoms with van der Waals surface area (Å²) in [5, 5.41) is 25.7. The number of hydrogen-bond donors (Lipinski definition) is 4. The Morgan fingerprint density at radius 2 is 2.14 bits per heavy atom. The number of aromatic amines is 2. The van der Waals surface area contributed by atoms with E-state index in [0.717, 1.165) is 29.7 Å². The number of tetrazole rings is 1. The third-order valence-electron chi connectivity index (χ3n) is 6.65. The largest absolute Gasteiger partial charge is 0.480 e. The van der Waals surface area contributed by atoms with Crippen molar-refractivity contribution in [2.24, 2.45) is 0 Å². The molecule has 0 aliphatic heterocycles. The number of anilines is 1. The van der Waals surface area contributed by atoms with Crippen LogP contribution >= 0.6 is 0 Å². The van der Waals surface area contributed by atoms with Crippen LogP contribution in [0.1, 0.15) is 52.1 Å². The van der Waals surface area contributed by atoms with Crippen LogP contribution in [0.4, 0.5) is 5.69 Å². The van der Waals surface area contributed by atoms with Gasteiger partial charge in [0.15, 0.2) is 0 Å². The number of fused-ring (bicyclic) bond motifs is 2. The van der Waals surface area contributed by atoms with Gasteiger partial charge >= 0.3 is 5.97 Å². The highest BCUT2D eigenvalue weighted by atomic mass is 16.4. The van der Waals surface area contributed by atoms with Crippen LogP contribution in [-0.2, 0) is 17.6 Å². The van der Waals surface area contributed by atoms with Crippen molar-refractivity contribution in [3.05, 3.63) is 69.3 Å². The number of benzene rings is 1. The maximum absolute atomic E-state index is 12.7. The average Bonchev–Trinajstić information content (AvgIpc) is 3.54. The van der Waals surface area contributed by atoms with Gasteiger partial charge < -0.3 is 20.3 Å². The Labute approximate surface area is 210 Å². The number of carboxylic acids is 1. The Morgan fingerprint density at radius 3 is 2.84 bits per heavy atom. The van der Waals surface area contributed by atoms with Gasteiger partial charge in [-0.1, -0.05) is 0 Å².